The van der Waals surface area contributed by atoms with E-state index < -0.39 is 112 Å². The summed E-state index contributed by atoms with van der Waals surface area (Å²) in [4.78, 5) is 70.9. The molecule has 5 aliphatic heterocycles. The van der Waals surface area contributed by atoms with E-state index in [2.05, 4.69) is 10.2 Å². The van der Waals surface area contributed by atoms with Crippen LogP contribution in [0.3, 0.4) is 0 Å². The molecule has 1 aromatic heterocycles. The second kappa shape index (κ2) is 24.1. The van der Waals surface area contributed by atoms with Crippen LogP contribution in [0.1, 0.15) is 112 Å². The number of allylic oxidation sites excluding steroid dienone is 2. The lowest BCUT2D eigenvalue weighted by molar-refractivity contribution is -0.160. The fourth-order valence-corrected chi connectivity index (χ4v) is 12.4. The number of hydrogen-bond donors (Lipinski definition) is 7. The minimum Gasteiger partial charge on any atom is -0.507 e. The molecule has 84 heavy (non-hydrogen) atoms. The zero-order valence-electron chi connectivity index (χ0n) is 48.8. The molecule has 7 N–H and O–H groups in total. The molecule has 6 aliphatic rings. The standard InChI is InChI=1S/C61H75FN6O16/c1-29-12-11-13-30(2)59(77)64-46-39(27-63-67-23-21-65(22-24-67)36-16-19-66(20-17-36)48-41(62)26-38-47(57(48)81-10)68(37-14-15-37)28-40(52(38)73)60(78)79)53(74)43-44(54(46)75)51(72)34(6)56-45(43)58(76)61(8,84-56)82-25-18-42(80-9)31(3)55(83-35(7)69)33(5)50(71)32(4)49(29)70/h11-13,18,25-29,31-33,36-37,42,49-50,55,70-72,74-75H,14-17,19-24H2,1-10H3,(H,64,77)(H,78,79)/b12-11+,25-18+,30-13-,63-27+/t29-,31+,32+,33+,42-,49-,50+,55+,61-/m0/s1. The number of amides is 1. The number of esters is 1. The molecule has 1 amide bonds. The van der Waals surface area contributed by atoms with Crippen LogP contribution in [0.25, 0.3) is 21.7 Å². The number of carboxylic acid groups (broad SMARTS) is 1. The topological polar surface area (TPSA) is 292 Å². The van der Waals surface area contributed by atoms with Gasteiger partial charge in [0.1, 0.15) is 34.6 Å². The number of fused-ring (bicyclic) bond motifs is 15. The Labute approximate surface area is 485 Å². The van der Waals surface area contributed by atoms with E-state index in [1.165, 1.54) is 72.7 Å². The largest absolute Gasteiger partial charge is 0.507 e. The lowest BCUT2D eigenvalue weighted by Gasteiger charge is -2.43. The fraction of sp³-hybridized carbons (Fsp3) is 0.508. The first-order valence-corrected chi connectivity index (χ1v) is 28.4. The lowest BCUT2D eigenvalue weighted by atomic mass is 9.78. The number of anilines is 2. The van der Waals surface area contributed by atoms with E-state index in [9.17, 15) is 54.6 Å². The van der Waals surface area contributed by atoms with Crippen molar-refractivity contribution in [3.8, 4) is 28.7 Å². The highest BCUT2D eigenvalue weighted by molar-refractivity contribution is 6.24. The van der Waals surface area contributed by atoms with Crippen molar-refractivity contribution in [1.29, 1.82) is 0 Å². The van der Waals surface area contributed by atoms with Crippen molar-refractivity contribution < 1.29 is 77.9 Å². The first-order valence-electron chi connectivity index (χ1n) is 28.4. The number of hydrogen-bond acceptors (Lipinski definition) is 19. The summed E-state index contributed by atoms with van der Waals surface area (Å²) in [5.74, 6) is -10.9. The van der Waals surface area contributed by atoms with Crippen molar-refractivity contribution in [2.45, 2.75) is 123 Å². The molecule has 452 valence electrons. The summed E-state index contributed by atoms with van der Waals surface area (Å²) in [5.41, 5.74) is -1.28. The molecule has 6 heterocycles. The van der Waals surface area contributed by atoms with Gasteiger partial charge in [-0.25, -0.2) is 9.18 Å². The van der Waals surface area contributed by atoms with Crippen LogP contribution in [-0.4, -0.2) is 165 Å². The number of piperazine rings is 1. The summed E-state index contributed by atoms with van der Waals surface area (Å²) in [7, 11) is 2.83. The number of rotatable bonds is 9. The number of piperidine rings is 1. The van der Waals surface area contributed by atoms with Gasteiger partial charge in [-0.05, 0) is 51.7 Å². The van der Waals surface area contributed by atoms with Gasteiger partial charge in [-0.2, -0.15) is 5.10 Å². The number of pyridine rings is 1. The molecular weight excluding hydrogens is 1090 g/mol. The highest BCUT2D eigenvalue weighted by Gasteiger charge is 2.50. The summed E-state index contributed by atoms with van der Waals surface area (Å²) in [6, 6.07) is 1.18. The van der Waals surface area contributed by atoms with Gasteiger partial charge < -0.3 is 69.1 Å². The number of carbonyl (C=O) groups is 4. The number of aliphatic hydroxyl groups is 2. The molecule has 3 aromatic carbocycles. The van der Waals surface area contributed by atoms with Crippen LogP contribution in [0.15, 0.2) is 58.3 Å². The average Bonchev–Trinajstić information content (AvgIpc) is 1.55. The SMILES string of the molecule is COc1c(N2CCC(N3CCN(/N=C/c4c5c(O)c6c(O)c(C)c7c(c6c4O)C(=O)[C@@](C)(O/C=C/[C@H](OC)[C@@H](C)[C@@H](OC(C)=O)[C@H](C)[C@H](O)[C@H](C)[C@@H](O)[C@@H](C)/C=C/C=C(/C)C(=O)N5)O7)CC3)CC2)c(F)cc2c(=O)c(C(=O)O)cn(C3CC3)c12. The van der Waals surface area contributed by atoms with Crippen molar-refractivity contribution in [2.24, 2.45) is 28.8 Å². The van der Waals surface area contributed by atoms with Gasteiger partial charge in [-0.15, -0.1) is 0 Å². The Morgan fingerprint density at radius 2 is 1.55 bits per heavy atom. The Balaban J connectivity index is 1.01. The number of methoxy groups -OCH3 is 2. The third-order valence-corrected chi connectivity index (χ3v) is 17.5. The van der Waals surface area contributed by atoms with E-state index in [0.717, 1.165) is 18.9 Å². The average molecular weight is 1170 g/mol. The van der Waals surface area contributed by atoms with Gasteiger partial charge in [0.25, 0.3) is 11.7 Å². The Morgan fingerprint density at radius 3 is 2.17 bits per heavy atom. The molecule has 10 rings (SSSR count). The molecule has 0 spiro atoms. The quantitative estimate of drug-likeness (QED) is 0.0389. The second-order valence-electron chi connectivity index (χ2n) is 23.0. The van der Waals surface area contributed by atoms with Crippen molar-refractivity contribution >= 4 is 62.9 Å². The zero-order chi connectivity index (χ0) is 61.0. The molecule has 0 radical (unpaired) electrons. The smallest absolute Gasteiger partial charge is 0.341 e. The number of phenols is 3. The number of nitrogens with one attached hydrogen (secondary N) is 1. The van der Waals surface area contributed by atoms with Gasteiger partial charge in [-0.3, -0.25) is 29.1 Å². The molecule has 3 fully saturated rings. The minimum atomic E-state index is -2.12. The number of hydrazone groups is 1. The summed E-state index contributed by atoms with van der Waals surface area (Å²) in [5, 5.41) is 77.9. The maximum atomic E-state index is 16.2. The van der Waals surface area contributed by atoms with Crippen LogP contribution in [0, 0.1) is 36.4 Å². The van der Waals surface area contributed by atoms with Crippen molar-refractivity contribution in [3.63, 3.8) is 0 Å². The van der Waals surface area contributed by atoms with E-state index in [-0.39, 0.29) is 73.4 Å². The van der Waals surface area contributed by atoms with Gasteiger partial charge in [-0.1, -0.05) is 45.9 Å². The molecule has 4 aromatic rings. The Hall–Kier alpha value is -7.73. The van der Waals surface area contributed by atoms with E-state index in [1.54, 1.807) is 49.4 Å². The number of nitrogens with zero attached hydrogens (tertiary/aromatic N) is 5. The van der Waals surface area contributed by atoms with E-state index in [1.807, 2.05) is 4.90 Å². The predicted octanol–water partition coefficient (Wildman–Crippen LogP) is 6.87. The maximum Gasteiger partial charge on any atom is 0.341 e. The predicted molar refractivity (Wildman–Crippen MR) is 310 cm³/mol. The number of aromatic nitrogens is 1. The van der Waals surface area contributed by atoms with Crippen LogP contribution in [-0.2, 0) is 23.8 Å². The van der Waals surface area contributed by atoms with E-state index >= 15 is 4.39 Å². The van der Waals surface area contributed by atoms with Gasteiger partial charge >= 0.3 is 17.7 Å². The number of Topliss-reactive ketones (excluding diaryl/α,β-unsaturated/α-hetero) is 1. The lowest BCUT2D eigenvalue weighted by Crippen LogP contribution is -2.52. The molecule has 2 saturated heterocycles. The molecule has 1 aliphatic carbocycles. The van der Waals surface area contributed by atoms with E-state index in [0.29, 0.717) is 57.6 Å². The van der Waals surface area contributed by atoms with Gasteiger partial charge in [0.2, 0.25) is 5.43 Å². The Kier molecular flexibility index (Phi) is 17.5. The molecular formula is C61H75FN6O16. The first-order chi connectivity index (χ1) is 39.8. The number of halogens is 1. The van der Waals surface area contributed by atoms with Crippen LogP contribution in [0.2, 0.25) is 0 Å². The molecule has 23 heteroatoms. The normalized spacial score (nSPS) is 28.3. The molecule has 0 unspecified atom stereocenters. The number of benzene rings is 3. The maximum absolute atomic E-state index is 16.2. The monoisotopic (exact) mass is 1170 g/mol. The number of aliphatic hydroxyl groups excluding tert-OH is 2. The summed E-state index contributed by atoms with van der Waals surface area (Å²) >= 11 is 0. The fourth-order valence-electron chi connectivity index (χ4n) is 12.4. The summed E-state index contributed by atoms with van der Waals surface area (Å²) in [6.45, 7) is 15.2. The number of carboxylic acids is 1. The highest BCUT2D eigenvalue weighted by Crippen LogP contribution is 2.55. The first kappa shape index (κ1) is 60.8. The number of aromatic carboxylic acids is 1. The van der Waals surface area contributed by atoms with Crippen LogP contribution in [0.4, 0.5) is 15.8 Å². The highest BCUT2D eigenvalue weighted by atomic mass is 19.1. The molecule has 9 atom stereocenters. The second-order valence-corrected chi connectivity index (χ2v) is 23.0. The molecule has 22 nitrogen and oxygen atoms in total. The van der Waals surface area contributed by atoms with Crippen LogP contribution < -0.4 is 25.1 Å². The number of ketones is 1. The third-order valence-electron chi connectivity index (χ3n) is 17.5. The van der Waals surface area contributed by atoms with Crippen molar-refractivity contribution in [1.82, 2.24) is 14.5 Å². The number of phenolic OH excluding ortho intramolecular Hbond substituents is 3. The number of carbonyl (C=O) groups excluding carboxylic acids is 3. The van der Waals surface area contributed by atoms with Crippen LogP contribution in [0.5, 0.6) is 28.7 Å². The Morgan fingerprint density at radius 1 is 0.869 bits per heavy atom. The van der Waals surface area contributed by atoms with Crippen molar-refractivity contribution in [2.75, 3.05) is 63.7 Å². The van der Waals surface area contributed by atoms with Gasteiger partial charge in [0.15, 0.2) is 17.3 Å². The van der Waals surface area contributed by atoms with Crippen LogP contribution >= 0.6 is 0 Å². The number of ether oxygens (including phenoxy) is 5. The van der Waals surface area contributed by atoms with E-state index in [4.69, 9.17) is 28.8 Å². The van der Waals surface area contributed by atoms with Crippen molar-refractivity contribution in [3.05, 3.63) is 86.7 Å². The van der Waals surface area contributed by atoms with Gasteiger partial charge in [0.05, 0.1) is 71.0 Å². The summed E-state index contributed by atoms with van der Waals surface area (Å²) in [6.07, 6.45) is 8.75. The molecule has 1 saturated carbocycles. The molecule has 5 bridgehead atoms. The zero-order valence-corrected chi connectivity index (χ0v) is 48.8. The summed E-state index contributed by atoms with van der Waals surface area (Å²) < 4.78 is 47.6. The Bertz CT molecular complexity index is 3470. The third kappa shape index (κ3) is 11.2. The minimum absolute atomic E-state index is 0.00944. The van der Waals surface area contributed by atoms with Gasteiger partial charge in [0, 0.05) is 119 Å². The number of aromatic hydroxyl groups is 3.